The van der Waals surface area contributed by atoms with E-state index >= 15 is 0 Å². The number of hydrogen-bond acceptors (Lipinski definition) is 6. The van der Waals surface area contributed by atoms with Gasteiger partial charge in [-0.3, -0.25) is 19.4 Å². The Labute approximate surface area is 186 Å². The van der Waals surface area contributed by atoms with E-state index < -0.39 is 0 Å². The van der Waals surface area contributed by atoms with Crippen LogP contribution in [0.4, 0.5) is 11.6 Å². The molecule has 3 aromatic heterocycles. The van der Waals surface area contributed by atoms with Crippen LogP contribution in [0.1, 0.15) is 39.7 Å². The van der Waals surface area contributed by atoms with E-state index in [1.807, 2.05) is 38.1 Å². The van der Waals surface area contributed by atoms with E-state index in [0.29, 0.717) is 35.6 Å². The Morgan fingerprint density at radius 1 is 1.19 bits per heavy atom. The Hall–Kier alpha value is -3.30. The molecule has 0 aromatic carbocycles. The molecule has 4 heterocycles. The topological polar surface area (TPSA) is 118 Å². The lowest BCUT2D eigenvalue weighted by atomic mass is 10.1. The van der Waals surface area contributed by atoms with Gasteiger partial charge < -0.3 is 20.1 Å². The minimum Gasteiger partial charge on any atom is -0.382 e. The Bertz CT molecular complexity index is 1250. The summed E-state index contributed by atoms with van der Waals surface area (Å²) >= 11 is 0. The van der Waals surface area contributed by atoms with Crippen LogP contribution < -0.4 is 16.2 Å². The molecule has 0 radical (unpaired) electrons. The van der Waals surface area contributed by atoms with E-state index in [1.54, 1.807) is 9.25 Å². The van der Waals surface area contributed by atoms with Crippen molar-refractivity contribution in [1.29, 1.82) is 0 Å². The molecule has 32 heavy (non-hydrogen) atoms. The van der Waals surface area contributed by atoms with E-state index in [9.17, 15) is 9.59 Å². The van der Waals surface area contributed by atoms with Crippen molar-refractivity contribution in [1.82, 2.24) is 29.4 Å². The summed E-state index contributed by atoms with van der Waals surface area (Å²) in [6.07, 6.45) is 4.14. The van der Waals surface area contributed by atoms with Crippen LogP contribution in [-0.2, 0) is 11.8 Å². The SMILES string of the molecule is CC(C)N1CCN(c2cc(-c3cn(C(C)C4CC4)c(=O)c4c(N)n[nH]c34)nn2C)CC1=O. The zero-order valence-electron chi connectivity index (χ0n) is 19.0. The smallest absolute Gasteiger partial charge is 0.264 e. The van der Waals surface area contributed by atoms with E-state index in [1.165, 1.54) is 0 Å². The predicted octanol–water partition coefficient (Wildman–Crippen LogP) is 1.74. The molecule has 1 aliphatic carbocycles. The number of anilines is 2. The number of aromatic amines is 1. The minimum absolute atomic E-state index is 0.0878. The van der Waals surface area contributed by atoms with Gasteiger partial charge in [0.15, 0.2) is 5.82 Å². The van der Waals surface area contributed by atoms with E-state index in [0.717, 1.165) is 30.8 Å². The van der Waals surface area contributed by atoms with Gasteiger partial charge in [-0.2, -0.15) is 10.2 Å². The third kappa shape index (κ3) is 3.25. The number of H-pyrrole nitrogens is 1. The standard InChI is InChI=1S/C22H30N8O2/c1-12(2)29-8-7-28(11-18(29)31)17-9-16(26-27(17)4)15-10-30(13(3)14-5-6-14)22(32)19-20(15)24-25-21(19)23/h9-10,12-14H,5-8,11H2,1-4H3,(H3,23,24,25). The quantitative estimate of drug-likeness (QED) is 0.626. The molecular formula is C22H30N8O2. The fourth-order valence-corrected chi connectivity index (χ4v) is 4.77. The molecule has 1 unspecified atom stereocenters. The predicted molar refractivity (Wildman–Crippen MR) is 123 cm³/mol. The van der Waals surface area contributed by atoms with Crippen molar-refractivity contribution in [3.63, 3.8) is 0 Å². The lowest BCUT2D eigenvalue weighted by Gasteiger charge is -2.37. The van der Waals surface area contributed by atoms with Crippen molar-refractivity contribution < 1.29 is 4.79 Å². The number of carbonyl (C=O) groups excluding carboxylic acids is 1. The molecule has 0 bridgehead atoms. The van der Waals surface area contributed by atoms with Crippen molar-refractivity contribution >= 4 is 28.4 Å². The summed E-state index contributed by atoms with van der Waals surface area (Å²) in [6, 6.07) is 2.26. The molecule has 10 heteroatoms. The molecular weight excluding hydrogens is 408 g/mol. The monoisotopic (exact) mass is 438 g/mol. The van der Waals surface area contributed by atoms with Crippen LogP contribution >= 0.6 is 0 Å². The highest BCUT2D eigenvalue weighted by Gasteiger charge is 2.32. The number of nitrogens with two attached hydrogens (primary N) is 1. The summed E-state index contributed by atoms with van der Waals surface area (Å²) in [7, 11) is 1.87. The molecule has 10 nitrogen and oxygen atoms in total. The van der Waals surface area contributed by atoms with Crippen LogP contribution in [-0.4, -0.2) is 61.0 Å². The number of fused-ring (bicyclic) bond motifs is 1. The number of nitrogens with zero attached hydrogens (tertiary/aromatic N) is 6. The third-order valence-electron chi connectivity index (χ3n) is 6.86. The van der Waals surface area contributed by atoms with Crippen LogP contribution in [0.3, 0.4) is 0 Å². The first-order valence-corrected chi connectivity index (χ1v) is 11.2. The zero-order valence-corrected chi connectivity index (χ0v) is 19.0. The first-order chi connectivity index (χ1) is 15.3. The number of aryl methyl sites for hydroxylation is 1. The summed E-state index contributed by atoms with van der Waals surface area (Å²) in [5.74, 6) is 1.69. The summed E-state index contributed by atoms with van der Waals surface area (Å²) in [6.45, 7) is 7.90. The number of nitrogens with one attached hydrogen (secondary N) is 1. The number of amides is 1. The molecule has 1 atom stereocenters. The van der Waals surface area contributed by atoms with Crippen LogP contribution in [0.5, 0.6) is 0 Å². The molecule has 3 aromatic rings. The van der Waals surface area contributed by atoms with Crippen LogP contribution in [0.2, 0.25) is 0 Å². The largest absolute Gasteiger partial charge is 0.382 e. The molecule has 1 aliphatic heterocycles. The molecule has 1 amide bonds. The number of rotatable bonds is 5. The molecule has 170 valence electrons. The Morgan fingerprint density at radius 3 is 2.59 bits per heavy atom. The molecule has 0 spiro atoms. The minimum atomic E-state index is -0.124. The third-order valence-corrected chi connectivity index (χ3v) is 6.86. The Morgan fingerprint density at radius 2 is 1.94 bits per heavy atom. The number of carbonyl (C=O) groups is 1. The maximum Gasteiger partial charge on any atom is 0.264 e. The second kappa shape index (κ2) is 7.39. The van der Waals surface area contributed by atoms with Gasteiger partial charge in [0.1, 0.15) is 11.2 Å². The number of piperazine rings is 1. The van der Waals surface area contributed by atoms with Crippen LogP contribution in [0.25, 0.3) is 22.2 Å². The Kier molecular flexibility index (Phi) is 4.75. The van der Waals surface area contributed by atoms with Crippen LogP contribution in [0, 0.1) is 5.92 Å². The van der Waals surface area contributed by atoms with Gasteiger partial charge in [-0.1, -0.05) is 0 Å². The van der Waals surface area contributed by atoms with Crippen molar-refractivity contribution in [3.8, 4) is 11.3 Å². The van der Waals surface area contributed by atoms with Gasteiger partial charge in [-0.25, -0.2) is 0 Å². The van der Waals surface area contributed by atoms with Gasteiger partial charge in [0.2, 0.25) is 5.91 Å². The summed E-state index contributed by atoms with van der Waals surface area (Å²) in [5, 5.41) is 12.2. The second-order valence-electron chi connectivity index (χ2n) is 9.31. The first kappa shape index (κ1) is 20.6. The maximum atomic E-state index is 13.2. The molecule has 5 rings (SSSR count). The number of pyridine rings is 1. The lowest BCUT2D eigenvalue weighted by molar-refractivity contribution is -0.132. The Balaban J connectivity index is 1.56. The number of aromatic nitrogens is 5. The normalized spacial score (nSPS) is 18.2. The number of hydrogen-bond donors (Lipinski definition) is 2. The maximum absolute atomic E-state index is 13.2. The highest BCUT2D eigenvalue weighted by molar-refractivity contribution is 5.97. The van der Waals surface area contributed by atoms with E-state index in [2.05, 4.69) is 22.0 Å². The van der Waals surface area contributed by atoms with Crippen molar-refractivity contribution in [2.24, 2.45) is 13.0 Å². The van der Waals surface area contributed by atoms with E-state index in [-0.39, 0.29) is 29.4 Å². The highest BCUT2D eigenvalue weighted by Crippen LogP contribution is 2.40. The van der Waals surface area contributed by atoms with Crippen LogP contribution in [0.15, 0.2) is 17.1 Å². The summed E-state index contributed by atoms with van der Waals surface area (Å²) < 4.78 is 3.57. The van der Waals surface area contributed by atoms with Gasteiger partial charge in [-0.15, -0.1) is 0 Å². The van der Waals surface area contributed by atoms with E-state index in [4.69, 9.17) is 10.8 Å². The van der Waals surface area contributed by atoms with Gasteiger partial charge in [0.05, 0.1) is 17.8 Å². The van der Waals surface area contributed by atoms with Crippen molar-refractivity contribution in [3.05, 3.63) is 22.6 Å². The average molecular weight is 439 g/mol. The first-order valence-electron chi connectivity index (χ1n) is 11.2. The molecule has 2 aliphatic rings. The van der Waals surface area contributed by atoms with Crippen molar-refractivity contribution in [2.45, 2.75) is 45.7 Å². The highest BCUT2D eigenvalue weighted by atomic mass is 16.2. The molecule has 1 saturated carbocycles. The molecule has 3 N–H and O–H groups in total. The average Bonchev–Trinajstić information content (AvgIpc) is 3.42. The lowest BCUT2D eigenvalue weighted by Crippen LogP contribution is -2.53. The fraction of sp³-hybridized carbons (Fsp3) is 0.545. The van der Waals surface area contributed by atoms with Gasteiger partial charge in [0, 0.05) is 50.0 Å². The number of nitrogen functional groups attached to an aromatic ring is 1. The second-order valence-corrected chi connectivity index (χ2v) is 9.31. The zero-order chi connectivity index (χ0) is 22.7. The van der Waals surface area contributed by atoms with Gasteiger partial charge >= 0.3 is 0 Å². The van der Waals surface area contributed by atoms with Gasteiger partial charge in [-0.05, 0) is 39.5 Å². The molecule has 1 saturated heterocycles. The molecule has 2 fully saturated rings. The summed E-state index contributed by atoms with van der Waals surface area (Å²) in [4.78, 5) is 29.7. The summed E-state index contributed by atoms with van der Waals surface area (Å²) in [5.41, 5.74) is 8.03. The fourth-order valence-electron chi connectivity index (χ4n) is 4.77. The van der Waals surface area contributed by atoms with Crippen molar-refractivity contribution in [2.75, 3.05) is 30.3 Å². The van der Waals surface area contributed by atoms with Gasteiger partial charge in [0.25, 0.3) is 5.56 Å².